The molecule has 96 valence electrons. The van der Waals surface area contributed by atoms with Crippen LogP contribution < -0.4 is 0 Å². The Morgan fingerprint density at radius 3 is 2.39 bits per heavy atom. The van der Waals surface area contributed by atoms with Crippen LogP contribution in [0.2, 0.25) is 0 Å². The number of aryl methyl sites for hydroxylation is 1. The third-order valence-corrected chi connectivity index (χ3v) is 2.67. The molecule has 0 saturated carbocycles. The van der Waals surface area contributed by atoms with Gasteiger partial charge in [-0.2, -0.15) is 0 Å². The first kappa shape index (κ1) is 14.2. The number of esters is 1. The minimum absolute atomic E-state index is 0.0539. The van der Waals surface area contributed by atoms with Crippen molar-refractivity contribution in [1.82, 2.24) is 0 Å². The van der Waals surface area contributed by atoms with E-state index in [-0.39, 0.29) is 18.0 Å². The Morgan fingerprint density at radius 2 is 1.89 bits per heavy atom. The van der Waals surface area contributed by atoms with Crippen LogP contribution in [0.15, 0.2) is 36.4 Å². The molecule has 2 unspecified atom stereocenters. The Labute approximate surface area is 107 Å². The SMILES string of the molecule is CC(=O)OC(c1ccc(C)cc1)C(C)/C=C/C=O. The first-order valence-corrected chi connectivity index (χ1v) is 5.90. The summed E-state index contributed by atoms with van der Waals surface area (Å²) in [5.41, 5.74) is 2.08. The molecule has 0 aromatic heterocycles. The number of ether oxygens (including phenoxy) is 1. The van der Waals surface area contributed by atoms with Crippen LogP contribution in [0.25, 0.3) is 0 Å². The standard InChI is InChI=1S/C15H18O3/c1-11-6-8-14(9-7-11)15(18-13(3)17)12(2)5-4-10-16/h4-10,12,15H,1-3H3/b5-4+. The van der Waals surface area contributed by atoms with Gasteiger partial charge in [0.25, 0.3) is 0 Å². The first-order valence-electron chi connectivity index (χ1n) is 5.90. The van der Waals surface area contributed by atoms with Crippen LogP contribution in [0.5, 0.6) is 0 Å². The molecule has 0 aliphatic carbocycles. The maximum atomic E-state index is 11.2. The van der Waals surface area contributed by atoms with E-state index in [2.05, 4.69) is 0 Å². The van der Waals surface area contributed by atoms with Crippen LogP contribution in [0, 0.1) is 12.8 Å². The summed E-state index contributed by atoms with van der Waals surface area (Å²) in [4.78, 5) is 21.5. The monoisotopic (exact) mass is 246 g/mol. The summed E-state index contributed by atoms with van der Waals surface area (Å²) in [5, 5.41) is 0. The highest BCUT2D eigenvalue weighted by Crippen LogP contribution is 2.27. The zero-order valence-electron chi connectivity index (χ0n) is 10.9. The lowest BCUT2D eigenvalue weighted by atomic mass is 9.96. The van der Waals surface area contributed by atoms with Gasteiger partial charge in [0.15, 0.2) is 0 Å². The molecule has 3 heteroatoms. The highest BCUT2D eigenvalue weighted by atomic mass is 16.5. The van der Waals surface area contributed by atoms with E-state index in [1.165, 1.54) is 13.0 Å². The molecule has 1 rings (SSSR count). The van der Waals surface area contributed by atoms with Gasteiger partial charge >= 0.3 is 5.97 Å². The molecule has 0 fully saturated rings. The molecular weight excluding hydrogens is 228 g/mol. The number of hydrogen-bond donors (Lipinski definition) is 0. The Balaban J connectivity index is 2.96. The average molecular weight is 246 g/mol. The Hall–Kier alpha value is -1.90. The predicted molar refractivity (Wildman–Crippen MR) is 70.1 cm³/mol. The molecule has 1 aromatic carbocycles. The van der Waals surface area contributed by atoms with Crippen molar-refractivity contribution in [2.24, 2.45) is 5.92 Å². The van der Waals surface area contributed by atoms with Crippen LogP contribution >= 0.6 is 0 Å². The second-order valence-electron chi connectivity index (χ2n) is 4.32. The van der Waals surface area contributed by atoms with Crippen molar-refractivity contribution in [3.63, 3.8) is 0 Å². The number of hydrogen-bond acceptors (Lipinski definition) is 3. The minimum atomic E-state index is -0.362. The van der Waals surface area contributed by atoms with Gasteiger partial charge in [-0.15, -0.1) is 0 Å². The molecule has 3 nitrogen and oxygen atoms in total. The van der Waals surface area contributed by atoms with Crippen LogP contribution in [-0.2, 0) is 14.3 Å². The topological polar surface area (TPSA) is 43.4 Å². The number of allylic oxidation sites excluding steroid dienone is 1. The van der Waals surface area contributed by atoms with Gasteiger partial charge in [0.2, 0.25) is 0 Å². The van der Waals surface area contributed by atoms with E-state index >= 15 is 0 Å². The summed E-state index contributed by atoms with van der Waals surface area (Å²) in [6, 6.07) is 7.83. The zero-order valence-corrected chi connectivity index (χ0v) is 10.9. The highest BCUT2D eigenvalue weighted by molar-refractivity contribution is 5.66. The van der Waals surface area contributed by atoms with Crippen LogP contribution in [0.1, 0.15) is 31.1 Å². The molecule has 0 saturated heterocycles. The number of benzene rings is 1. The summed E-state index contributed by atoms with van der Waals surface area (Å²) in [6.45, 7) is 5.30. The third kappa shape index (κ3) is 4.17. The number of aldehydes is 1. The van der Waals surface area contributed by atoms with Gasteiger partial charge in [0.1, 0.15) is 12.4 Å². The molecule has 2 atom stereocenters. The molecule has 0 aliphatic rings. The van der Waals surface area contributed by atoms with Gasteiger partial charge in [-0.25, -0.2) is 0 Å². The van der Waals surface area contributed by atoms with Gasteiger partial charge < -0.3 is 4.74 Å². The number of carbonyl (C=O) groups is 2. The summed E-state index contributed by atoms with van der Waals surface area (Å²) < 4.78 is 5.33. The fourth-order valence-corrected chi connectivity index (χ4v) is 1.74. The molecule has 0 bridgehead atoms. The lowest BCUT2D eigenvalue weighted by Gasteiger charge is -2.21. The summed E-state index contributed by atoms with van der Waals surface area (Å²) in [7, 11) is 0. The van der Waals surface area contributed by atoms with Crippen molar-refractivity contribution in [2.75, 3.05) is 0 Å². The van der Waals surface area contributed by atoms with Crippen LogP contribution in [-0.4, -0.2) is 12.3 Å². The Morgan fingerprint density at radius 1 is 1.28 bits per heavy atom. The molecule has 0 heterocycles. The fourth-order valence-electron chi connectivity index (χ4n) is 1.74. The van der Waals surface area contributed by atoms with Crippen LogP contribution in [0.4, 0.5) is 0 Å². The van der Waals surface area contributed by atoms with Gasteiger partial charge in [-0.05, 0) is 18.6 Å². The van der Waals surface area contributed by atoms with E-state index in [1.54, 1.807) is 6.08 Å². The van der Waals surface area contributed by atoms with E-state index in [1.807, 2.05) is 38.1 Å². The Bertz CT molecular complexity index is 432. The third-order valence-electron chi connectivity index (χ3n) is 2.67. The lowest BCUT2D eigenvalue weighted by molar-refractivity contribution is -0.148. The van der Waals surface area contributed by atoms with Gasteiger partial charge in [0, 0.05) is 12.8 Å². The van der Waals surface area contributed by atoms with Gasteiger partial charge in [-0.3, -0.25) is 9.59 Å². The zero-order chi connectivity index (χ0) is 13.5. The minimum Gasteiger partial charge on any atom is -0.457 e. The second-order valence-corrected chi connectivity index (χ2v) is 4.32. The Kier molecular flexibility index (Phi) is 5.31. The van der Waals surface area contributed by atoms with E-state index in [0.717, 1.165) is 17.4 Å². The van der Waals surface area contributed by atoms with Crippen molar-refractivity contribution in [3.8, 4) is 0 Å². The molecule has 0 amide bonds. The van der Waals surface area contributed by atoms with Crippen molar-refractivity contribution in [2.45, 2.75) is 26.9 Å². The normalized spacial score (nSPS) is 14.2. The quantitative estimate of drug-likeness (QED) is 0.455. The van der Waals surface area contributed by atoms with Gasteiger partial charge in [0.05, 0.1) is 0 Å². The maximum absolute atomic E-state index is 11.2. The molecule has 0 spiro atoms. The largest absolute Gasteiger partial charge is 0.457 e. The summed E-state index contributed by atoms with van der Waals surface area (Å²) >= 11 is 0. The molecule has 0 N–H and O–H groups in total. The molecule has 1 aromatic rings. The number of carbonyl (C=O) groups excluding carboxylic acids is 2. The van der Waals surface area contributed by atoms with E-state index < -0.39 is 0 Å². The molecule has 0 radical (unpaired) electrons. The van der Waals surface area contributed by atoms with E-state index in [9.17, 15) is 9.59 Å². The van der Waals surface area contributed by atoms with Crippen molar-refractivity contribution in [3.05, 3.63) is 47.5 Å². The highest BCUT2D eigenvalue weighted by Gasteiger charge is 2.20. The first-order chi connectivity index (χ1) is 8.54. The molecule has 18 heavy (non-hydrogen) atoms. The van der Waals surface area contributed by atoms with E-state index in [4.69, 9.17) is 4.74 Å². The smallest absolute Gasteiger partial charge is 0.303 e. The van der Waals surface area contributed by atoms with Crippen molar-refractivity contribution >= 4 is 12.3 Å². The van der Waals surface area contributed by atoms with Crippen molar-refractivity contribution in [1.29, 1.82) is 0 Å². The second kappa shape index (κ2) is 6.74. The molecular formula is C15H18O3. The fraction of sp³-hybridized carbons (Fsp3) is 0.333. The summed E-state index contributed by atoms with van der Waals surface area (Å²) in [6.07, 6.45) is 3.52. The molecule has 0 aliphatic heterocycles. The lowest BCUT2D eigenvalue weighted by Crippen LogP contribution is -2.15. The van der Waals surface area contributed by atoms with E-state index in [0.29, 0.717) is 0 Å². The maximum Gasteiger partial charge on any atom is 0.303 e. The van der Waals surface area contributed by atoms with Gasteiger partial charge in [-0.1, -0.05) is 42.8 Å². The van der Waals surface area contributed by atoms with Crippen molar-refractivity contribution < 1.29 is 14.3 Å². The number of rotatable bonds is 5. The average Bonchev–Trinajstić information content (AvgIpc) is 2.34. The summed E-state index contributed by atoms with van der Waals surface area (Å²) in [5.74, 6) is -0.381. The predicted octanol–water partition coefficient (Wildman–Crippen LogP) is 2.99. The van der Waals surface area contributed by atoms with Crippen LogP contribution in [0.3, 0.4) is 0 Å².